The molecule has 2 atom stereocenters. The van der Waals surface area contributed by atoms with Gasteiger partial charge in [-0.25, -0.2) is 0 Å². The van der Waals surface area contributed by atoms with Crippen LogP contribution in [-0.4, -0.2) is 66.7 Å². The van der Waals surface area contributed by atoms with Crippen LogP contribution < -0.4 is 5.32 Å². The van der Waals surface area contributed by atoms with E-state index in [2.05, 4.69) is 57.4 Å². The van der Waals surface area contributed by atoms with Crippen molar-refractivity contribution in [3.8, 4) is 0 Å². The van der Waals surface area contributed by atoms with Gasteiger partial charge in [0.05, 0.1) is 0 Å². The molecule has 1 amide bonds. The molecule has 0 aromatic heterocycles. The van der Waals surface area contributed by atoms with Crippen LogP contribution in [0.2, 0.25) is 0 Å². The molecule has 2 fully saturated rings. The molecule has 2 aliphatic rings. The van der Waals surface area contributed by atoms with Crippen LogP contribution >= 0.6 is 11.8 Å². The van der Waals surface area contributed by atoms with Crippen molar-refractivity contribution in [2.45, 2.75) is 50.0 Å². The summed E-state index contributed by atoms with van der Waals surface area (Å²) >= 11 is 1.95. The first kappa shape index (κ1) is 21.0. The maximum absolute atomic E-state index is 12.0. The van der Waals surface area contributed by atoms with Gasteiger partial charge in [-0.3, -0.25) is 9.79 Å². The highest BCUT2D eigenvalue weighted by Gasteiger charge is 2.27. The number of guanidine groups is 1. The van der Waals surface area contributed by atoms with Crippen molar-refractivity contribution in [3.63, 3.8) is 0 Å². The number of benzene rings is 1. The number of carbonyl (C=O) groups is 1. The third-order valence-electron chi connectivity index (χ3n) is 5.81. The smallest absolute Gasteiger partial charge is 0.222 e. The minimum atomic E-state index is 0.328. The quantitative estimate of drug-likeness (QED) is 0.411. The lowest BCUT2D eigenvalue weighted by molar-refractivity contribution is -0.129. The van der Waals surface area contributed by atoms with E-state index in [0.29, 0.717) is 17.9 Å². The SMILES string of the molecule is CCC(CCNC(=NC)N1CCC(CSc2ccccc2)C1)N1CCCC1=O. The third kappa shape index (κ3) is 5.66. The standard InChI is InChI=1S/C22H34N4OS/c1-3-19(26-14-7-10-21(26)27)11-13-24-22(23-2)25-15-12-18(16-25)17-28-20-8-5-4-6-9-20/h4-6,8-9,18-19H,3,7,10-17H2,1-2H3,(H,23,24). The van der Waals surface area contributed by atoms with Crippen molar-refractivity contribution < 1.29 is 4.79 Å². The molecule has 28 heavy (non-hydrogen) atoms. The number of hydrogen-bond donors (Lipinski definition) is 1. The first-order valence-electron chi connectivity index (χ1n) is 10.6. The topological polar surface area (TPSA) is 47.9 Å². The first-order chi connectivity index (χ1) is 13.7. The number of aliphatic imine (C=N–C) groups is 1. The normalized spacial score (nSPS) is 21.4. The van der Waals surface area contributed by atoms with Crippen LogP contribution in [0.3, 0.4) is 0 Å². The van der Waals surface area contributed by atoms with Gasteiger partial charge in [-0.15, -0.1) is 11.8 Å². The van der Waals surface area contributed by atoms with E-state index >= 15 is 0 Å². The van der Waals surface area contributed by atoms with E-state index in [1.807, 2.05) is 18.8 Å². The van der Waals surface area contributed by atoms with Gasteiger partial charge in [0.15, 0.2) is 5.96 Å². The molecule has 0 saturated carbocycles. The Kier molecular flexibility index (Phi) is 8.07. The number of nitrogens with zero attached hydrogens (tertiary/aromatic N) is 3. The number of carbonyl (C=O) groups excluding carboxylic acids is 1. The van der Waals surface area contributed by atoms with Crippen molar-refractivity contribution in [2.24, 2.45) is 10.9 Å². The van der Waals surface area contributed by atoms with E-state index in [0.717, 1.165) is 63.6 Å². The van der Waals surface area contributed by atoms with Crippen LogP contribution in [0.15, 0.2) is 40.2 Å². The average Bonchev–Trinajstić information content (AvgIpc) is 3.37. The van der Waals surface area contributed by atoms with Gasteiger partial charge in [0, 0.05) is 56.3 Å². The van der Waals surface area contributed by atoms with E-state index in [1.165, 1.54) is 11.3 Å². The second kappa shape index (κ2) is 10.7. The largest absolute Gasteiger partial charge is 0.356 e. The minimum Gasteiger partial charge on any atom is -0.356 e. The van der Waals surface area contributed by atoms with Crippen LogP contribution in [-0.2, 0) is 4.79 Å². The fourth-order valence-corrected chi connectivity index (χ4v) is 5.26. The average molecular weight is 403 g/mol. The highest BCUT2D eigenvalue weighted by atomic mass is 32.2. The lowest BCUT2D eigenvalue weighted by Crippen LogP contribution is -2.43. The zero-order valence-electron chi connectivity index (χ0n) is 17.3. The molecular formula is C22H34N4OS. The van der Waals surface area contributed by atoms with Gasteiger partial charge in [0.25, 0.3) is 0 Å². The summed E-state index contributed by atoms with van der Waals surface area (Å²) in [5, 5.41) is 3.54. The Bertz CT molecular complexity index is 651. The Morgan fingerprint density at radius 3 is 2.82 bits per heavy atom. The number of rotatable bonds is 8. The molecule has 0 radical (unpaired) electrons. The second-order valence-corrected chi connectivity index (χ2v) is 8.83. The second-order valence-electron chi connectivity index (χ2n) is 7.74. The Hall–Kier alpha value is -1.69. The Morgan fingerprint density at radius 2 is 2.14 bits per heavy atom. The van der Waals surface area contributed by atoms with E-state index in [4.69, 9.17) is 0 Å². The highest BCUT2D eigenvalue weighted by molar-refractivity contribution is 7.99. The maximum atomic E-state index is 12.0. The van der Waals surface area contributed by atoms with Crippen molar-refractivity contribution in [2.75, 3.05) is 39.0 Å². The summed E-state index contributed by atoms with van der Waals surface area (Å²) in [7, 11) is 1.87. The van der Waals surface area contributed by atoms with Gasteiger partial charge in [-0.1, -0.05) is 25.1 Å². The summed E-state index contributed by atoms with van der Waals surface area (Å²) in [6, 6.07) is 11.0. The van der Waals surface area contributed by atoms with Crippen LogP contribution in [0.5, 0.6) is 0 Å². The molecule has 0 spiro atoms. The Labute approximate surface area is 174 Å². The molecule has 0 bridgehead atoms. The first-order valence-corrected chi connectivity index (χ1v) is 11.6. The van der Waals surface area contributed by atoms with Gasteiger partial charge in [-0.05, 0) is 43.7 Å². The Balaban J connectivity index is 1.41. The third-order valence-corrected chi connectivity index (χ3v) is 7.05. The summed E-state index contributed by atoms with van der Waals surface area (Å²) in [5.74, 6) is 3.20. The lowest BCUT2D eigenvalue weighted by atomic mass is 10.1. The fourth-order valence-electron chi connectivity index (χ4n) is 4.21. The number of hydrogen-bond acceptors (Lipinski definition) is 3. The molecule has 5 nitrogen and oxygen atoms in total. The predicted octanol–water partition coefficient (Wildman–Crippen LogP) is 3.47. The summed E-state index contributed by atoms with van der Waals surface area (Å²) in [5.41, 5.74) is 0. The molecule has 2 aliphatic heterocycles. The number of likely N-dealkylation sites (tertiary alicyclic amines) is 2. The van der Waals surface area contributed by atoms with Crippen LogP contribution in [0.25, 0.3) is 0 Å². The zero-order valence-corrected chi connectivity index (χ0v) is 18.1. The summed E-state index contributed by atoms with van der Waals surface area (Å²) in [6.07, 6.45) is 4.97. The van der Waals surface area contributed by atoms with Crippen molar-refractivity contribution in [1.82, 2.24) is 15.1 Å². The minimum absolute atomic E-state index is 0.328. The fraction of sp³-hybridized carbons (Fsp3) is 0.636. The summed E-state index contributed by atoms with van der Waals surface area (Å²) < 4.78 is 0. The van der Waals surface area contributed by atoms with E-state index in [1.54, 1.807) is 0 Å². The predicted molar refractivity (Wildman–Crippen MR) is 118 cm³/mol. The van der Waals surface area contributed by atoms with Crippen molar-refractivity contribution >= 4 is 23.6 Å². The lowest BCUT2D eigenvalue weighted by Gasteiger charge is -2.28. The molecule has 1 N–H and O–H groups in total. The molecule has 2 unspecified atom stereocenters. The van der Waals surface area contributed by atoms with Crippen LogP contribution in [0, 0.1) is 5.92 Å². The number of amides is 1. The molecular weight excluding hydrogens is 368 g/mol. The molecule has 0 aliphatic carbocycles. The molecule has 3 rings (SSSR count). The maximum Gasteiger partial charge on any atom is 0.222 e. The van der Waals surface area contributed by atoms with Crippen LogP contribution in [0.4, 0.5) is 0 Å². The van der Waals surface area contributed by atoms with Gasteiger partial charge in [0.2, 0.25) is 5.91 Å². The van der Waals surface area contributed by atoms with Crippen LogP contribution in [0.1, 0.15) is 39.0 Å². The zero-order chi connectivity index (χ0) is 19.8. The molecule has 2 saturated heterocycles. The molecule has 1 aromatic carbocycles. The molecule has 6 heteroatoms. The van der Waals surface area contributed by atoms with Gasteiger partial charge < -0.3 is 15.1 Å². The van der Waals surface area contributed by atoms with E-state index in [-0.39, 0.29) is 0 Å². The highest BCUT2D eigenvalue weighted by Crippen LogP contribution is 2.26. The Morgan fingerprint density at radius 1 is 1.32 bits per heavy atom. The van der Waals surface area contributed by atoms with E-state index in [9.17, 15) is 4.79 Å². The number of thioether (sulfide) groups is 1. The summed E-state index contributed by atoms with van der Waals surface area (Å²) in [6.45, 7) is 6.12. The monoisotopic (exact) mass is 402 g/mol. The van der Waals surface area contributed by atoms with Crippen molar-refractivity contribution in [1.29, 1.82) is 0 Å². The number of nitrogens with one attached hydrogen (secondary N) is 1. The van der Waals surface area contributed by atoms with Crippen molar-refractivity contribution in [3.05, 3.63) is 30.3 Å². The molecule has 2 heterocycles. The summed E-state index contributed by atoms with van der Waals surface area (Å²) in [4.78, 5) is 22.3. The molecule has 1 aromatic rings. The molecule has 154 valence electrons. The van der Waals surface area contributed by atoms with Gasteiger partial charge >= 0.3 is 0 Å². The van der Waals surface area contributed by atoms with Gasteiger partial charge in [0.1, 0.15) is 0 Å². The van der Waals surface area contributed by atoms with Gasteiger partial charge in [-0.2, -0.15) is 0 Å². The van der Waals surface area contributed by atoms with E-state index < -0.39 is 0 Å².